The molecular weight excluding hydrogens is 343 g/mol. The summed E-state index contributed by atoms with van der Waals surface area (Å²) in [6.07, 6.45) is -1.30. The van der Waals surface area contributed by atoms with E-state index in [-0.39, 0.29) is 23.5 Å². The van der Waals surface area contributed by atoms with E-state index < -0.39 is 21.6 Å². The van der Waals surface area contributed by atoms with Gasteiger partial charge in [-0.3, -0.25) is 4.79 Å². The van der Waals surface area contributed by atoms with Crippen molar-refractivity contribution < 1.29 is 26.4 Å². The Kier molecular flexibility index (Phi) is 5.37. The highest BCUT2D eigenvalue weighted by atomic mass is 32.2. The molecule has 0 N–H and O–H groups in total. The Balaban J connectivity index is 2.06. The maximum absolute atomic E-state index is 12.5. The van der Waals surface area contributed by atoms with E-state index >= 15 is 0 Å². The molecule has 1 fully saturated rings. The molecule has 0 bridgehead atoms. The van der Waals surface area contributed by atoms with Crippen LogP contribution in [0.2, 0.25) is 0 Å². The summed E-state index contributed by atoms with van der Waals surface area (Å²) in [6, 6.07) is 4.12. The molecule has 0 unspecified atom stereocenters. The van der Waals surface area contributed by atoms with Crippen molar-refractivity contribution >= 4 is 21.8 Å². The normalized spacial score (nSPS) is 20.4. The van der Waals surface area contributed by atoms with Crippen LogP contribution in [0.15, 0.2) is 30.3 Å². The molecule has 0 radical (unpaired) electrons. The number of halogens is 3. The molecule has 4 nitrogen and oxygen atoms in total. The Labute approximate surface area is 138 Å². The SMILES string of the molecule is CCN(C(=O)/C=C/c1ccc(C(F)(F)F)cc1)[C@@H]1CCS(=O)(=O)C1. The monoisotopic (exact) mass is 361 g/mol. The lowest BCUT2D eigenvalue weighted by atomic mass is 10.1. The topological polar surface area (TPSA) is 54.5 Å². The van der Waals surface area contributed by atoms with Crippen LogP contribution in [-0.4, -0.2) is 43.3 Å². The molecule has 1 aromatic rings. The molecule has 0 spiro atoms. The maximum Gasteiger partial charge on any atom is 0.416 e. The van der Waals surface area contributed by atoms with Gasteiger partial charge in [0.05, 0.1) is 17.1 Å². The number of benzene rings is 1. The van der Waals surface area contributed by atoms with Gasteiger partial charge >= 0.3 is 6.18 Å². The molecule has 1 aliphatic heterocycles. The molecule has 0 saturated carbocycles. The van der Waals surface area contributed by atoms with Gasteiger partial charge in [0.25, 0.3) is 0 Å². The fourth-order valence-electron chi connectivity index (χ4n) is 2.66. The second kappa shape index (κ2) is 6.96. The summed E-state index contributed by atoms with van der Waals surface area (Å²) in [5, 5.41) is 0. The standard InChI is InChI=1S/C16H18F3NO3S/c1-2-20(14-9-10-24(22,23)11-14)15(21)8-5-12-3-6-13(7-4-12)16(17,18)19/h3-8,14H,2,9-11H2,1H3/b8-5+/t14-/m1/s1. The predicted molar refractivity (Wildman–Crippen MR) is 84.9 cm³/mol. The van der Waals surface area contributed by atoms with Gasteiger partial charge in [-0.2, -0.15) is 13.2 Å². The number of alkyl halides is 3. The van der Waals surface area contributed by atoms with E-state index in [9.17, 15) is 26.4 Å². The van der Waals surface area contributed by atoms with Crippen LogP contribution in [0.4, 0.5) is 13.2 Å². The lowest BCUT2D eigenvalue weighted by Crippen LogP contribution is -2.40. The average molecular weight is 361 g/mol. The van der Waals surface area contributed by atoms with Crippen molar-refractivity contribution in [2.75, 3.05) is 18.1 Å². The zero-order valence-electron chi connectivity index (χ0n) is 13.1. The van der Waals surface area contributed by atoms with Gasteiger partial charge in [-0.15, -0.1) is 0 Å². The van der Waals surface area contributed by atoms with Crippen LogP contribution in [0.25, 0.3) is 6.08 Å². The summed E-state index contributed by atoms with van der Waals surface area (Å²) < 4.78 is 60.5. The molecule has 1 atom stereocenters. The molecule has 8 heteroatoms. The van der Waals surface area contributed by atoms with Crippen LogP contribution >= 0.6 is 0 Å². The van der Waals surface area contributed by atoms with Crippen LogP contribution in [0, 0.1) is 0 Å². The number of amides is 1. The van der Waals surface area contributed by atoms with Crippen molar-refractivity contribution in [2.24, 2.45) is 0 Å². The molecule has 1 aliphatic rings. The van der Waals surface area contributed by atoms with Crippen LogP contribution in [0.5, 0.6) is 0 Å². The molecule has 2 rings (SSSR count). The minimum absolute atomic E-state index is 0.0410. The summed E-state index contributed by atoms with van der Waals surface area (Å²) in [6.45, 7) is 2.13. The number of hydrogen-bond acceptors (Lipinski definition) is 3. The summed E-state index contributed by atoms with van der Waals surface area (Å²) in [7, 11) is -3.09. The van der Waals surface area contributed by atoms with Gasteiger partial charge in [0.1, 0.15) is 0 Å². The van der Waals surface area contributed by atoms with E-state index in [0.717, 1.165) is 12.1 Å². The van der Waals surface area contributed by atoms with Crippen LogP contribution in [-0.2, 0) is 20.8 Å². The third kappa shape index (κ3) is 4.59. The van der Waals surface area contributed by atoms with Gasteiger partial charge in [0.15, 0.2) is 9.84 Å². The molecule has 132 valence electrons. The molecular formula is C16H18F3NO3S. The first-order valence-electron chi connectivity index (χ1n) is 7.49. The fraction of sp³-hybridized carbons (Fsp3) is 0.438. The highest BCUT2D eigenvalue weighted by Crippen LogP contribution is 2.29. The van der Waals surface area contributed by atoms with Gasteiger partial charge in [-0.25, -0.2) is 8.42 Å². The van der Waals surface area contributed by atoms with Gasteiger partial charge in [0.2, 0.25) is 5.91 Å². The summed E-state index contributed by atoms with van der Waals surface area (Å²) in [4.78, 5) is 13.7. The van der Waals surface area contributed by atoms with E-state index in [0.29, 0.717) is 18.5 Å². The van der Waals surface area contributed by atoms with Crippen molar-refractivity contribution in [3.8, 4) is 0 Å². The first-order chi connectivity index (χ1) is 11.1. The van der Waals surface area contributed by atoms with E-state index in [4.69, 9.17) is 0 Å². The number of sulfone groups is 1. The van der Waals surface area contributed by atoms with Gasteiger partial charge in [0, 0.05) is 18.7 Å². The Morgan fingerprint density at radius 1 is 1.29 bits per heavy atom. The van der Waals surface area contributed by atoms with Crippen LogP contribution < -0.4 is 0 Å². The van der Waals surface area contributed by atoms with Crippen LogP contribution in [0.1, 0.15) is 24.5 Å². The minimum atomic E-state index is -4.40. The van der Waals surface area contributed by atoms with Crippen molar-refractivity contribution in [1.29, 1.82) is 0 Å². The number of hydrogen-bond donors (Lipinski definition) is 0. The van der Waals surface area contributed by atoms with Crippen molar-refractivity contribution in [3.63, 3.8) is 0 Å². The maximum atomic E-state index is 12.5. The van der Waals surface area contributed by atoms with Crippen molar-refractivity contribution in [2.45, 2.75) is 25.6 Å². The van der Waals surface area contributed by atoms with Gasteiger partial charge in [-0.1, -0.05) is 12.1 Å². The second-order valence-corrected chi connectivity index (χ2v) is 7.86. The van der Waals surface area contributed by atoms with Crippen LogP contribution in [0.3, 0.4) is 0 Å². The van der Waals surface area contributed by atoms with Gasteiger partial charge < -0.3 is 4.90 Å². The quantitative estimate of drug-likeness (QED) is 0.775. The number of carbonyl (C=O) groups excluding carboxylic acids is 1. The Morgan fingerprint density at radius 2 is 1.92 bits per heavy atom. The van der Waals surface area contributed by atoms with E-state index in [2.05, 4.69) is 0 Å². The minimum Gasteiger partial charge on any atom is -0.335 e. The lowest BCUT2D eigenvalue weighted by Gasteiger charge is -2.25. The molecule has 0 aromatic heterocycles. The predicted octanol–water partition coefficient (Wildman–Crippen LogP) is 2.75. The number of rotatable bonds is 4. The largest absolute Gasteiger partial charge is 0.416 e. The summed E-state index contributed by atoms with van der Waals surface area (Å²) >= 11 is 0. The lowest BCUT2D eigenvalue weighted by molar-refractivity contribution is -0.137. The molecule has 24 heavy (non-hydrogen) atoms. The van der Waals surface area contributed by atoms with Crippen molar-refractivity contribution in [1.82, 2.24) is 4.90 Å². The summed E-state index contributed by atoms with van der Waals surface area (Å²) in [5.74, 6) is -0.315. The average Bonchev–Trinajstić information content (AvgIpc) is 2.85. The molecule has 1 heterocycles. The first-order valence-corrected chi connectivity index (χ1v) is 9.31. The molecule has 0 aliphatic carbocycles. The highest BCUT2D eigenvalue weighted by molar-refractivity contribution is 7.91. The fourth-order valence-corrected chi connectivity index (χ4v) is 4.39. The van der Waals surface area contributed by atoms with E-state index in [1.54, 1.807) is 6.92 Å². The van der Waals surface area contributed by atoms with E-state index in [1.165, 1.54) is 29.2 Å². The Bertz CT molecular complexity index is 724. The molecule has 1 aromatic carbocycles. The third-order valence-electron chi connectivity index (χ3n) is 3.93. The number of carbonyl (C=O) groups is 1. The highest BCUT2D eigenvalue weighted by Gasteiger charge is 2.33. The second-order valence-electron chi connectivity index (χ2n) is 5.63. The smallest absolute Gasteiger partial charge is 0.335 e. The third-order valence-corrected chi connectivity index (χ3v) is 5.68. The number of likely N-dealkylation sites (N-methyl/N-ethyl adjacent to an activating group) is 1. The zero-order valence-corrected chi connectivity index (χ0v) is 13.9. The van der Waals surface area contributed by atoms with E-state index in [1.807, 2.05) is 0 Å². The summed E-state index contributed by atoms with van der Waals surface area (Å²) in [5.41, 5.74) is -0.288. The number of nitrogens with zero attached hydrogens (tertiary/aromatic N) is 1. The van der Waals surface area contributed by atoms with Gasteiger partial charge in [-0.05, 0) is 37.1 Å². The Morgan fingerprint density at radius 3 is 2.38 bits per heavy atom. The Hall–Kier alpha value is -1.83. The molecule has 1 amide bonds. The first kappa shape index (κ1) is 18.5. The molecule has 1 saturated heterocycles. The van der Waals surface area contributed by atoms with Crippen molar-refractivity contribution in [3.05, 3.63) is 41.5 Å². The zero-order chi connectivity index (χ0) is 18.0.